The van der Waals surface area contributed by atoms with E-state index in [1.165, 1.54) is 17.0 Å². The molecule has 0 saturated carbocycles. The lowest BCUT2D eigenvalue weighted by Gasteiger charge is -2.26. The van der Waals surface area contributed by atoms with Crippen LogP contribution in [0.4, 0.5) is 18.9 Å². The molecule has 1 aliphatic rings. The first-order chi connectivity index (χ1) is 16.8. The number of alkyl halides is 3. The summed E-state index contributed by atoms with van der Waals surface area (Å²) < 4.78 is 52.0. The molecular formula is C27H20F3NO4. The second-order valence-corrected chi connectivity index (χ2v) is 8.22. The fraction of sp³-hybridized carbons (Fsp3) is 0.185. The third kappa shape index (κ3) is 3.95. The van der Waals surface area contributed by atoms with Crippen molar-refractivity contribution in [3.05, 3.63) is 105 Å². The predicted octanol–water partition coefficient (Wildman–Crippen LogP) is 6.35. The van der Waals surface area contributed by atoms with E-state index in [-0.39, 0.29) is 28.0 Å². The van der Waals surface area contributed by atoms with Crippen LogP contribution in [0.25, 0.3) is 11.0 Å². The molecule has 5 nitrogen and oxygen atoms in total. The number of ether oxygens (including phenoxy) is 1. The van der Waals surface area contributed by atoms with Crippen LogP contribution < -0.4 is 15.1 Å². The Morgan fingerprint density at radius 3 is 2.51 bits per heavy atom. The molecule has 0 bridgehead atoms. The van der Waals surface area contributed by atoms with Crippen LogP contribution in [0.1, 0.15) is 46.6 Å². The molecule has 0 aliphatic carbocycles. The number of nitrogens with zero attached hydrogens (tertiary/aromatic N) is 1. The van der Waals surface area contributed by atoms with E-state index >= 15 is 0 Å². The maximum absolute atomic E-state index is 13.6. The number of carbonyl (C=O) groups excluding carboxylic acids is 1. The fourth-order valence-electron chi connectivity index (χ4n) is 4.33. The molecule has 1 unspecified atom stereocenters. The van der Waals surface area contributed by atoms with Crippen molar-refractivity contribution in [3.63, 3.8) is 0 Å². The summed E-state index contributed by atoms with van der Waals surface area (Å²) in [7, 11) is 0. The third-order valence-electron chi connectivity index (χ3n) is 5.88. The van der Waals surface area contributed by atoms with E-state index in [0.29, 0.717) is 17.9 Å². The van der Waals surface area contributed by atoms with Crippen molar-refractivity contribution < 1.29 is 27.1 Å². The number of benzene rings is 3. The van der Waals surface area contributed by atoms with Crippen molar-refractivity contribution >= 4 is 22.6 Å². The molecule has 0 fully saturated rings. The van der Waals surface area contributed by atoms with Crippen molar-refractivity contribution in [2.24, 2.45) is 0 Å². The maximum atomic E-state index is 13.6. The highest BCUT2D eigenvalue weighted by Crippen LogP contribution is 2.43. The van der Waals surface area contributed by atoms with Gasteiger partial charge in [-0.25, -0.2) is 0 Å². The first-order valence-electron chi connectivity index (χ1n) is 11.1. The molecule has 2 heterocycles. The molecule has 0 saturated heterocycles. The minimum Gasteiger partial charge on any atom is -0.494 e. The van der Waals surface area contributed by atoms with Gasteiger partial charge in [0.15, 0.2) is 5.43 Å². The Morgan fingerprint density at radius 2 is 1.74 bits per heavy atom. The Morgan fingerprint density at radius 1 is 0.971 bits per heavy atom. The Hall–Kier alpha value is -4.07. The van der Waals surface area contributed by atoms with Gasteiger partial charge in [0.2, 0.25) is 5.76 Å². The number of hydrogen-bond donors (Lipinski definition) is 0. The molecule has 0 N–H and O–H groups in total. The first kappa shape index (κ1) is 22.7. The average Bonchev–Trinajstić information content (AvgIpc) is 3.15. The molecule has 178 valence electrons. The summed E-state index contributed by atoms with van der Waals surface area (Å²) in [4.78, 5) is 28.3. The van der Waals surface area contributed by atoms with Gasteiger partial charge in [0.05, 0.1) is 29.2 Å². The molecule has 8 heteroatoms. The Bertz CT molecular complexity index is 1490. The van der Waals surface area contributed by atoms with Gasteiger partial charge in [0, 0.05) is 5.69 Å². The number of amides is 1. The lowest BCUT2D eigenvalue weighted by atomic mass is 9.98. The number of hydrogen-bond acceptors (Lipinski definition) is 4. The van der Waals surface area contributed by atoms with Crippen LogP contribution in [-0.2, 0) is 6.18 Å². The van der Waals surface area contributed by atoms with Gasteiger partial charge >= 0.3 is 6.18 Å². The predicted molar refractivity (Wildman–Crippen MR) is 125 cm³/mol. The van der Waals surface area contributed by atoms with Gasteiger partial charge in [-0.05, 0) is 54.4 Å². The Labute approximate surface area is 198 Å². The van der Waals surface area contributed by atoms with Crippen LogP contribution in [0.15, 0.2) is 82.0 Å². The van der Waals surface area contributed by atoms with Gasteiger partial charge < -0.3 is 9.15 Å². The lowest BCUT2D eigenvalue weighted by Crippen LogP contribution is -2.29. The second-order valence-electron chi connectivity index (χ2n) is 8.22. The lowest BCUT2D eigenvalue weighted by molar-refractivity contribution is -0.137. The van der Waals surface area contributed by atoms with Gasteiger partial charge in [-0.3, -0.25) is 14.5 Å². The average molecular weight is 479 g/mol. The standard InChI is InChI=1S/C27H20F3NO4/c1-2-13-34-19-10-5-7-16(14-19)23-22-24(32)20-11-3-4-12-21(20)35-25(22)26(33)31(23)18-9-6-8-17(15-18)27(28,29)30/h3-12,14-15,23H,2,13H2,1H3. The molecule has 35 heavy (non-hydrogen) atoms. The minimum absolute atomic E-state index is 0.00422. The number of halogens is 3. The highest BCUT2D eigenvalue weighted by Gasteiger charge is 2.44. The largest absolute Gasteiger partial charge is 0.494 e. The van der Waals surface area contributed by atoms with E-state index in [9.17, 15) is 22.8 Å². The molecule has 1 aliphatic heterocycles. The number of anilines is 1. The molecule has 1 amide bonds. The van der Waals surface area contributed by atoms with Crippen LogP contribution in [0.5, 0.6) is 5.75 Å². The van der Waals surface area contributed by atoms with Crippen molar-refractivity contribution in [2.45, 2.75) is 25.6 Å². The molecule has 4 aromatic rings. The number of rotatable bonds is 5. The molecular weight excluding hydrogens is 459 g/mol. The normalized spacial score (nSPS) is 15.5. The van der Waals surface area contributed by atoms with E-state index in [4.69, 9.17) is 9.15 Å². The Balaban J connectivity index is 1.75. The monoisotopic (exact) mass is 479 g/mol. The van der Waals surface area contributed by atoms with Crippen molar-refractivity contribution in [1.82, 2.24) is 0 Å². The summed E-state index contributed by atoms with van der Waals surface area (Å²) in [6.07, 6.45) is -3.82. The van der Waals surface area contributed by atoms with Crippen LogP contribution in [0.2, 0.25) is 0 Å². The molecule has 1 aromatic heterocycles. The van der Waals surface area contributed by atoms with Crippen LogP contribution >= 0.6 is 0 Å². The van der Waals surface area contributed by atoms with E-state index in [0.717, 1.165) is 18.6 Å². The topological polar surface area (TPSA) is 59.8 Å². The van der Waals surface area contributed by atoms with Crippen molar-refractivity contribution in [2.75, 3.05) is 11.5 Å². The summed E-state index contributed by atoms with van der Waals surface area (Å²) in [6.45, 7) is 2.43. The van der Waals surface area contributed by atoms with Crippen LogP contribution in [-0.4, -0.2) is 12.5 Å². The SMILES string of the molecule is CCCOc1cccc(C2c3c(oc4ccccc4c3=O)C(=O)N2c2cccc(C(F)(F)F)c2)c1. The van der Waals surface area contributed by atoms with E-state index in [2.05, 4.69) is 0 Å². The molecule has 1 atom stereocenters. The summed E-state index contributed by atoms with van der Waals surface area (Å²) in [6, 6.07) is 16.9. The fourth-order valence-corrected chi connectivity index (χ4v) is 4.33. The maximum Gasteiger partial charge on any atom is 0.416 e. The van der Waals surface area contributed by atoms with Crippen molar-refractivity contribution in [3.8, 4) is 5.75 Å². The smallest absolute Gasteiger partial charge is 0.416 e. The van der Waals surface area contributed by atoms with Crippen LogP contribution in [0, 0.1) is 0 Å². The summed E-state index contributed by atoms with van der Waals surface area (Å²) >= 11 is 0. The van der Waals surface area contributed by atoms with Gasteiger partial charge in [0.25, 0.3) is 5.91 Å². The summed E-state index contributed by atoms with van der Waals surface area (Å²) in [5.74, 6) is -0.345. The quantitative estimate of drug-likeness (QED) is 0.335. The first-order valence-corrected chi connectivity index (χ1v) is 11.1. The van der Waals surface area contributed by atoms with Crippen LogP contribution in [0.3, 0.4) is 0 Å². The zero-order chi connectivity index (χ0) is 24.7. The number of para-hydroxylation sites is 1. The Kier molecular flexibility index (Phi) is 5.59. The number of carbonyl (C=O) groups is 1. The van der Waals surface area contributed by atoms with E-state index in [1.54, 1.807) is 48.5 Å². The van der Waals surface area contributed by atoms with Gasteiger partial charge in [-0.1, -0.05) is 37.3 Å². The minimum atomic E-state index is -4.60. The van der Waals surface area contributed by atoms with E-state index < -0.39 is 29.1 Å². The zero-order valence-electron chi connectivity index (χ0n) is 18.6. The van der Waals surface area contributed by atoms with E-state index in [1.807, 2.05) is 6.92 Å². The summed E-state index contributed by atoms with van der Waals surface area (Å²) in [5.41, 5.74) is -0.472. The highest BCUT2D eigenvalue weighted by atomic mass is 19.4. The highest BCUT2D eigenvalue weighted by molar-refractivity contribution is 6.10. The van der Waals surface area contributed by atoms with Gasteiger partial charge in [-0.2, -0.15) is 13.2 Å². The summed E-state index contributed by atoms with van der Waals surface area (Å²) in [5, 5.41) is 0.285. The molecule has 0 radical (unpaired) electrons. The molecule has 0 spiro atoms. The molecule has 3 aromatic carbocycles. The molecule has 5 rings (SSSR count). The second kappa shape index (κ2) is 8.61. The van der Waals surface area contributed by atoms with Gasteiger partial charge in [0.1, 0.15) is 11.3 Å². The third-order valence-corrected chi connectivity index (χ3v) is 5.88. The van der Waals surface area contributed by atoms with Gasteiger partial charge in [-0.15, -0.1) is 0 Å². The number of fused-ring (bicyclic) bond motifs is 2. The zero-order valence-corrected chi connectivity index (χ0v) is 18.6. The van der Waals surface area contributed by atoms with Crippen molar-refractivity contribution in [1.29, 1.82) is 0 Å².